The van der Waals surface area contributed by atoms with Gasteiger partial charge in [-0.05, 0) is 54.7 Å². The first-order chi connectivity index (χ1) is 12.3. The van der Waals surface area contributed by atoms with Gasteiger partial charge in [-0.15, -0.1) is 0 Å². The largest absolute Gasteiger partial charge is 0.416 e. The van der Waals surface area contributed by atoms with Crippen LogP contribution in [-0.4, -0.2) is 19.1 Å². The number of benzene rings is 2. The van der Waals surface area contributed by atoms with Gasteiger partial charge >= 0.3 is 6.18 Å². The second-order valence-corrected chi connectivity index (χ2v) is 6.71. The molecule has 6 heteroatoms. The molecule has 3 rings (SSSR count). The van der Waals surface area contributed by atoms with Gasteiger partial charge in [0, 0.05) is 24.2 Å². The third-order valence-electron chi connectivity index (χ3n) is 5.03. The number of hydrogen-bond donors (Lipinski definition) is 1. The Morgan fingerprint density at radius 2 is 1.73 bits per heavy atom. The van der Waals surface area contributed by atoms with E-state index in [0.717, 1.165) is 23.3 Å². The Bertz CT molecular complexity index is 778. The number of primary amides is 1. The topological polar surface area (TPSA) is 52.3 Å². The Balaban J connectivity index is 1.94. The molecule has 1 aliphatic rings. The highest BCUT2D eigenvalue weighted by Gasteiger charge is 2.36. The van der Waals surface area contributed by atoms with E-state index in [1.165, 1.54) is 0 Å². The smallest absolute Gasteiger partial charge is 0.381 e. The number of rotatable bonds is 4. The summed E-state index contributed by atoms with van der Waals surface area (Å²) in [5, 5.41) is 0. The van der Waals surface area contributed by atoms with Crippen LogP contribution in [0.2, 0.25) is 0 Å². The monoisotopic (exact) mass is 363 g/mol. The molecule has 0 aliphatic carbocycles. The fourth-order valence-electron chi connectivity index (χ4n) is 3.57. The van der Waals surface area contributed by atoms with E-state index in [-0.39, 0.29) is 5.41 Å². The molecule has 2 aromatic carbocycles. The van der Waals surface area contributed by atoms with Crippen LogP contribution in [0.15, 0.2) is 48.5 Å². The molecule has 1 amide bonds. The molecular weight excluding hydrogens is 343 g/mol. The minimum Gasteiger partial charge on any atom is -0.381 e. The molecule has 3 nitrogen and oxygen atoms in total. The molecule has 0 aromatic heterocycles. The normalized spacial score (nSPS) is 17.0. The lowest BCUT2D eigenvalue weighted by atomic mass is 9.70. The Hall–Kier alpha value is -2.34. The summed E-state index contributed by atoms with van der Waals surface area (Å²) in [5.74, 6) is -0.498. The van der Waals surface area contributed by atoms with Crippen LogP contribution >= 0.6 is 0 Å². The van der Waals surface area contributed by atoms with Crippen LogP contribution in [0.1, 0.15) is 39.9 Å². The van der Waals surface area contributed by atoms with Gasteiger partial charge in [-0.2, -0.15) is 13.2 Å². The lowest BCUT2D eigenvalue weighted by Crippen LogP contribution is -2.36. The van der Waals surface area contributed by atoms with Gasteiger partial charge in [-0.3, -0.25) is 4.79 Å². The highest BCUT2D eigenvalue weighted by Crippen LogP contribution is 2.39. The summed E-state index contributed by atoms with van der Waals surface area (Å²) in [6.45, 7) is 1.10. The van der Waals surface area contributed by atoms with Crippen molar-refractivity contribution in [2.45, 2.75) is 30.9 Å². The molecule has 0 radical (unpaired) electrons. The number of nitrogens with two attached hydrogens (primary N) is 1. The first-order valence-electron chi connectivity index (χ1n) is 8.44. The second kappa shape index (κ2) is 7.11. The van der Waals surface area contributed by atoms with Crippen LogP contribution in [0, 0.1) is 0 Å². The molecule has 26 heavy (non-hydrogen) atoms. The van der Waals surface area contributed by atoms with E-state index in [1.807, 2.05) is 6.07 Å². The minimum atomic E-state index is -4.35. The van der Waals surface area contributed by atoms with Crippen molar-refractivity contribution in [3.05, 3.63) is 70.8 Å². The Kier molecular flexibility index (Phi) is 5.05. The van der Waals surface area contributed by atoms with E-state index < -0.39 is 17.6 Å². The van der Waals surface area contributed by atoms with Crippen molar-refractivity contribution in [1.29, 1.82) is 0 Å². The van der Waals surface area contributed by atoms with E-state index in [2.05, 4.69) is 0 Å². The quantitative estimate of drug-likeness (QED) is 0.889. The third-order valence-corrected chi connectivity index (χ3v) is 5.03. The highest BCUT2D eigenvalue weighted by molar-refractivity contribution is 5.92. The molecule has 1 fully saturated rings. The fraction of sp³-hybridized carbons (Fsp3) is 0.350. The van der Waals surface area contributed by atoms with Gasteiger partial charge in [-0.25, -0.2) is 0 Å². The molecule has 0 unspecified atom stereocenters. The summed E-state index contributed by atoms with van der Waals surface area (Å²) in [5.41, 5.74) is 6.60. The third kappa shape index (κ3) is 3.90. The predicted octanol–water partition coefficient (Wildman–Crippen LogP) is 4.10. The average Bonchev–Trinajstić information content (AvgIpc) is 2.62. The zero-order chi connectivity index (χ0) is 18.8. The second-order valence-electron chi connectivity index (χ2n) is 6.71. The van der Waals surface area contributed by atoms with Crippen molar-refractivity contribution in [2.24, 2.45) is 5.73 Å². The van der Waals surface area contributed by atoms with Crippen LogP contribution < -0.4 is 5.73 Å². The van der Waals surface area contributed by atoms with Crippen molar-refractivity contribution in [3.8, 4) is 0 Å². The Morgan fingerprint density at radius 1 is 1.08 bits per heavy atom. The minimum absolute atomic E-state index is 0.321. The van der Waals surface area contributed by atoms with Crippen LogP contribution in [0.25, 0.3) is 0 Å². The van der Waals surface area contributed by atoms with Gasteiger partial charge in [-0.1, -0.05) is 24.3 Å². The van der Waals surface area contributed by atoms with E-state index in [1.54, 1.807) is 30.3 Å². The number of amides is 1. The van der Waals surface area contributed by atoms with Crippen molar-refractivity contribution < 1.29 is 22.7 Å². The van der Waals surface area contributed by atoms with Crippen molar-refractivity contribution >= 4 is 5.91 Å². The maximum Gasteiger partial charge on any atom is 0.416 e. The maximum atomic E-state index is 12.9. The van der Waals surface area contributed by atoms with Gasteiger partial charge < -0.3 is 10.5 Å². The van der Waals surface area contributed by atoms with Crippen LogP contribution in [-0.2, 0) is 22.7 Å². The number of carbonyl (C=O) groups excluding carboxylic acids is 1. The van der Waals surface area contributed by atoms with Gasteiger partial charge in [0.2, 0.25) is 5.91 Å². The predicted molar refractivity (Wildman–Crippen MR) is 91.8 cm³/mol. The molecule has 0 atom stereocenters. The molecule has 0 saturated carbocycles. The first-order valence-corrected chi connectivity index (χ1v) is 8.44. The van der Waals surface area contributed by atoms with E-state index >= 15 is 0 Å². The van der Waals surface area contributed by atoms with Gasteiger partial charge in [0.25, 0.3) is 0 Å². The lowest BCUT2D eigenvalue weighted by molar-refractivity contribution is -0.137. The van der Waals surface area contributed by atoms with E-state index in [9.17, 15) is 18.0 Å². The van der Waals surface area contributed by atoms with Crippen molar-refractivity contribution in [2.75, 3.05) is 13.2 Å². The standard InChI is InChI=1S/C20H20F3NO2/c21-20(22,23)17-6-4-16(5-7-17)19(8-10-26-11-9-19)13-14-2-1-3-15(12-14)18(24)25/h1-7,12H,8-11,13H2,(H2,24,25). The number of alkyl halides is 3. The maximum absolute atomic E-state index is 12.9. The number of halogens is 3. The lowest BCUT2D eigenvalue weighted by Gasteiger charge is -2.38. The molecule has 138 valence electrons. The molecule has 2 N–H and O–H groups in total. The van der Waals surface area contributed by atoms with Crippen LogP contribution in [0.4, 0.5) is 13.2 Å². The summed E-state index contributed by atoms with van der Waals surface area (Å²) in [6, 6.07) is 12.5. The number of hydrogen-bond acceptors (Lipinski definition) is 2. The molecule has 2 aromatic rings. The van der Waals surface area contributed by atoms with Crippen LogP contribution in [0.3, 0.4) is 0 Å². The Labute approximate surface area is 150 Å². The zero-order valence-electron chi connectivity index (χ0n) is 14.2. The number of ether oxygens (including phenoxy) is 1. The average molecular weight is 363 g/mol. The first kappa shape index (κ1) is 18.5. The van der Waals surface area contributed by atoms with Gasteiger partial charge in [0.05, 0.1) is 5.56 Å². The van der Waals surface area contributed by atoms with Gasteiger partial charge in [0.15, 0.2) is 0 Å². The van der Waals surface area contributed by atoms with E-state index in [4.69, 9.17) is 10.5 Å². The van der Waals surface area contributed by atoms with Crippen molar-refractivity contribution in [3.63, 3.8) is 0 Å². The SMILES string of the molecule is NC(=O)c1cccc(CC2(c3ccc(C(F)(F)F)cc3)CCOCC2)c1. The molecule has 0 bridgehead atoms. The molecule has 1 saturated heterocycles. The highest BCUT2D eigenvalue weighted by atomic mass is 19.4. The Morgan fingerprint density at radius 3 is 2.31 bits per heavy atom. The summed E-state index contributed by atoms with van der Waals surface area (Å²) < 4.78 is 44.1. The molecular formula is C20H20F3NO2. The van der Waals surface area contributed by atoms with E-state index in [0.29, 0.717) is 38.0 Å². The number of carbonyl (C=O) groups is 1. The zero-order valence-corrected chi connectivity index (χ0v) is 14.2. The summed E-state index contributed by atoms with van der Waals surface area (Å²) in [6.07, 6.45) is -2.32. The van der Waals surface area contributed by atoms with Gasteiger partial charge in [0.1, 0.15) is 0 Å². The molecule has 0 spiro atoms. The fourth-order valence-corrected chi connectivity index (χ4v) is 3.57. The molecule has 1 heterocycles. The van der Waals surface area contributed by atoms with Crippen molar-refractivity contribution in [1.82, 2.24) is 0 Å². The summed E-state index contributed by atoms with van der Waals surface area (Å²) in [7, 11) is 0. The summed E-state index contributed by atoms with van der Waals surface area (Å²) >= 11 is 0. The molecule has 1 aliphatic heterocycles. The summed E-state index contributed by atoms with van der Waals surface area (Å²) in [4.78, 5) is 11.4. The van der Waals surface area contributed by atoms with Crippen LogP contribution in [0.5, 0.6) is 0 Å².